The molecule has 1 aromatic heterocycles. The van der Waals surface area contributed by atoms with E-state index < -0.39 is 11.3 Å². The van der Waals surface area contributed by atoms with Gasteiger partial charge in [0.15, 0.2) is 17.2 Å². The first kappa shape index (κ1) is 17.1. The number of anilines is 1. The lowest BCUT2D eigenvalue weighted by Crippen LogP contribution is -2.26. The van der Waals surface area contributed by atoms with Crippen LogP contribution in [0, 0.1) is 6.92 Å². The van der Waals surface area contributed by atoms with Crippen LogP contribution in [0.25, 0.3) is 5.69 Å². The van der Waals surface area contributed by atoms with E-state index in [1.54, 1.807) is 49.4 Å². The molecular weight excluding hydrogens is 370 g/mol. The van der Waals surface area contributed by atoms with E-state index in [4.69, 9.17) is 21.1 Å². The quantitative estimate of drug-likeness (QED) is 0.751. The van der Waals surface area contributed by atoms with Gasteiger partial charge in [0, 0.05) is 28.5 Å². The number of aromatic nitrogens is 2. The van der Waals surface area contributed by atoms with Crippen LogP contribution >= 0.6 is 11.6 Å². The number of fused-ring (bicyclic) bond motifs is 1. The summed E-state index contributed by atoms with van der Waals surface area (Å²) in [4.78, 5) is 24.9. The second-order valence-corrected chi connectivity index (χ2v) is 6.35. The van der Waals surface area contributed by atoms with Gasteiger partial charge in [-0.1, -0.05) is 11.6 Å². The predicted molar refractivity (Wildman–Crippen MR) is 100 cm³/mol. The molecule has 0 saturated heterocycles. The van der Waals surface area contributed by atoms with Gasteiger partial charge in [0.25, 0.3) is 5.91 Å². The van der Waals surface area contributed by atoms with Crippen molar-refractivity contribution in [2.45, 2.75) is 6.92 Å². The molecule has 1 N–H and O–H groups in total. The summed E-state index contributed by atoms with van der Waals surface area (Å²) < 4.78 is 12.0. The second-order valence-electron chi connectivity index (χ2n) is 5.91. The fourth-order valence-electron chi connectivity index (χ4n) is 2.71. The highest BCUT2D eigenvalue weighted by atomic mass is 35.5. The summed E-state index contributed by atoms with van der Waals surface area (Å²) in [5.74, 6) is 0.524. The van der Waals surface area contributed by atoms with Crippen molar-refractivity contribution >= 4 is 23.2 Å². The van der Waals surface area contributed by atoms with E-state index in [2.05, 4.69) is 10.4 Å². The molecule has 7 nitrogen and oxygen atoms in total. The minimum Gasteiger partial charge on any atom is -0.454 e. The van der Waals surface area contributed by atoms with E-state index in [9.17, 15) is 9.59 Å². The number of carbonyl (C=O) groups is 1. The van der Waals surface area contributed by atoms with Crippen molar-refractivity contribution in [2.24, 2.45) is 0 Å². The third kappa shape index (κ3) is 3.37. The molecule has 0 aliphatic carbocycles. The second kappa shape index (κ2) is 6.77. The Morgan fingerprint density at radius 2 is 1.85 bits per heavy atom. The summed E-state index contributed by atoms with van der Waals surface area (Å²) in [6, 6.07) is 13.3. The molecule has 0 unspecified atom stereocenters. The molecule has 0 spiro atoms. The van der Waals surface area contributed by atoms with Crippen molar-refractivity contribution in [3.63, 3.8) is 0 Å². The molecule has 1 aliphatic rings. The predicted octanol–water partition coefficient (Wildman–Crippen LogP) is 3.18. The summed E-state index contributed by atoms with van der Waals surface area (Å²) in [7, 11) is 0. The number of carbonyl (C=O) groups excluding carboxylic acids is 1. The number of hydrogen-bond donors (Lipinski definition) is 1. The number of ether oxygens (including phenoxy) is 2. The zero-order valence-corrected chi connectivity index (χ0v) is 15.0. The lowest BCUT2D eigenvalue weighted by molar-refractivity contribution is 0.101. The van der Waals surface area contributed by atoms with Crippen LogP contribution < -0.4 is 20.2 Å². The van der Waals surface area contributed by atoms with Crippen LogP contribution in [0.5, 0.6) is 11.5 Å². The first-order valence-corrected chi connectivity index (χ1v) is 8.47. The van der Waals surface area contributed by atoms with Crippen molar-refractivity contribution < 1.29 is 14.3 Å². The van der Waals surface area contributed by atoms with E-state index in [0.717, 1.165) is 0 Å². The highest BCUT2D eigenvalue weighted by Gasteiger charge is 2.18. The largest absolute Gasteiger partial charge is 0.454 e. The van der Waals surface area contributed by atoms with Crippen molar-refractivity contribution in [3.05, 3.63) is 75.2 Å². The van der Waals surface area contributed by atoms with Crippen LogP contribution in [0.1, 0.15) is 16.2 Å². The zero-order valence-electron chi connectivity index (χ0n) is 14.2. The molecule has 0 saturated carbocycles. The average Bonchev–Trinajstić information content (AvgIpc) is 3.10. The van der Waals surface area contributed by atoms with E-state index >= 15 is 0 Å². The standard InChI is InChI=1S/C19H14ClN3O4/c1-11-8-15(24)18(22-23(11)14-5-2-12(20)3-6-14)19(25)21-13-4-7-16-17(9-13)27-10-26-16/h2-9H,10H2,1H3,(H,21,25). The average molecular weight is 384 g/mol. The summed E-state index contributed by atoms with van der Waals surface area (Å²) in [5.41, 5.74) is 1.09. The van der Waals surface area contributed by atoms with Crippen LogP contribution in [-0.2, 0) is 0 Å². The smallest absolute Gasteiger partial charge is 0.280 e. The summed E-state index contributed by atoms with van der Waals surface area (Å²) in [6.07, 6.45) is 0. The SMILES string of the molecule is Cc1cc(=O)c(C(=O)Nc2ccc3c(c2)OCO3)nn1-c1ccc(Cl)cc1. The van der Waals surface area contributed by atoms with Gasteiger partial charge in [0.05, 0.1) is 5.69 Å². The number of halogens is 1. The van der Waals surface area contributed by atoms with Crippen molar-refractivity contribution in [1.82, 2.24) is 9.78 Å². The fraction of sp³-hybridized carbons (Fsp3) is 0.105. The number of aryl methyl sites for hydroxylation is 1. The van der Waals surface area contributed by atoms with Crippen LogP contribution in [0.3, 0.4) is 0 Å². The number of nitrogens with one attached hydrogen (secondary N) is 1. The number of rotatable bonds is 3. The Morgan fingerprint density at radius 1 is 1.11 bits per heavy atom. The number of hydrogen-bond acceptors (Lipinski definition) is 5. The van der Waals surface area contributed by atoms with Crippen LogP contribution in [0.2, 0.25) is 5.02 Å². The molecule has 136 valence electrons. The van der Waals surface area contributed by atoms with Crippen LogP contribution in [0.4, 0.5) is 5.69 Å². The molecule has 2 aromatic carbocycles. The maximum atomic E-state index is 12.6. The Morgan fingerprint density at radius 3 is 2.63 bits per heavy atom. The van der Waals surface area contributed by atoms with E-state index in [0.29, 0.717) is 33.6 Å². The Bertz CT molecular complexity index is 1090. The number of benzene rings is 2. The van der Waals surface area contributed by atoms with Crippen LogP contribution in [0.15, 0.2) is 53.3 Å². The normalized spacial score (nSPS) is 12.1. The summed E-state index contributed by atoms with van der Waals surface area (Å²) >= 11 is 5.91. The van der Waals surface area contributed by atoms with Gasteiger partial charge in [-0.15, -0.1) is 0 Å². The maximum absolute atomic E-state index is 12.6. The molecule has 1 amide bonds. The highest BCUT2D eigenvalue weighted by Crippen LogP contribution is 2.34. The molecule has 1 aliphatic heterocycles. The Hall–Kier alpha value is -3.32. The minimum absolute atomic E-state index is 0.137. The Balaban J connectivity index is 1.66. The maximum Gasteiger partial charge on any atom is 0.280 e. The number of amides is 1. The molecule has 3 aromatic rings. The molecule has 4 rings (SSSR count). The first-order valence-electron chi connectivity index (χ1n) is 8.09. The van der Waals surface area contributed by atoms with Gasteiger partial charge in [-0.2, -0.15) is 5.10 Å². The molecule has 0 bridgehead atoms. The monoisotopic (exact) mass is 383 g/mol. The molecular formula is C19H14ClN3O4. The van der Waals surface area contributed by atoms with Gasteiger partial charge in [-0.3, -0.25) is 9.59 Å². The molecule has 0 radical (unpaired) electrons. The van der Waals surface area contributed by atoms with Gasteiger partial charge < -0.3 is 14.8 Å². The van der Waals surface area contributed by atoms with E-state index in [1.165, 1.54) is 10.7 Å². The highest BCUT2D eigenvalue weighted by molar-refractivity contribution is 6.30. The van der Waals surface area contributed by atoms with Gasteiger partial charge in [0.2, 0.25) is 12.2 Å². The van der Waals surface area contributed by atoms with E-state index in [-0.39, 0.29) is 12.5 Å². The third-order valence-corrected chi connectivity index (χ3v) is 4.28. The summed E-state index contributed by atoms with van der Waals surface area (Å²) in [6.45, 7) is 1.88. The van der Waals surface area contributed by atoms with Gasteiger partial charge in [-0.25, -0.2) is 4.68 Å². The van der Waals surface area contributed by atoms with Crippen molar-refractivity contribution in [1.29, 1.82) is 0 Å². The molecule has 0 fully saturated rings. The topological polar surface area (TPSA) is 82.5 Å². The lowest BCUT2D eigenvalue weighted by atomic mass is 10.2. The van der Waals surface area contributed by atoms with Gasteiger partial charge in [-0.05, 0) is 43.3 Å². The Labute approximate surface area is 159 Å². The fourth-order valence-corrected chi connectivity index (χ4v) is 2.84. The van der Waals surface area contributed by atoms with E-state index in [1.807, 2.05) is 0 Å². The zero-order chi connectivity index (χ0) is 19.0. The molecule has 27 heavy (non-hydrogen) atoms. The van der Waals surface area contributed by atoms with Crippen molar-refractivity contribution in [3.8, 4) is 17.2 Å². The van der Waals surface area contributed by atoms with Gasteiger partial charge in [0.1, 0.15) is 0 Å². The Kier molecular flexibility index (Phi) is 4.29. The molecule has 2 heterocycles. The van der Waals surface area contributed by atoms with Crippen LogP contribution in [-0.4, -0.2) is 22.5 Å². The third-order valence-electron chi connectivity index (χ3n) is 4.02. The lowest BCUT2D eigenvalue weighted by Gasteiger charge is -2.11. The van der Waals surface area contributed by atoms with Crippen molar-refractivity contribution in [2.75, 3.05) is 12.1 Å². The molecule has 0 atom stereocenters. The minimum atomic E-state index is -0.610. The van der Waals surface area contributed by atoms with Gasteiger partial charge >= 0.3 is 0 Å². The summed E-state index contributed by atoms with van der Waals surface area (Å²) in [5, 5.41) is 7.48. The molecule has 8 heteroatoms. The number of nitrogens with zero attached hydrogens (tertiary/aromatic N) is 2. The first-order chi connectivity index (χ1) is 13.0.